The third kappa shape index (κ3) is 4.18. The first-order valence-corrected chi connectivity index (χ1v) is 7.83. The molecule has 0 saturated heterocycles. The van der Waals surface area contributed by atoms with Gasteiger partial charge in [-0.3, -0.25) is 24.8 Å². The molecule has 0 aliphatic rings. The number of non-ortho nitro benzene ring substituents is 1. The summed E-state index contributed by atoms with van der Waals surface area (Å²) >= 11 is 0. The molecule has 3 aromatic rings. The Morgan fingerprint density at radius 3 is 2.59 bits per heavy atom. The van der Waals surface area contributed by atoms with Gasteiger partial charge in [-0.15, -0.1) is 0 Å². The van der Waals surface area contributed by atoms with Gasteiger partial charge in [0, 0.05) is 18.7 Å². The molecule has 0 saturated carbocycles. The summed E-state index contributed by atoms with van der Waals surface area (Å²) in [6.45, 7) is -0.299. The van der Waals surface area contributed by atoms with Crippen molar-refractivity contribution in [2.75, 3.05) is 0 Å². The van der Waals surface area contributed by atoms with Crippen LogP contribution >= 0.6 is 0 Å². The van der Waals surface area contributed by atoms with Crippen molar-refractivity contribution >= 4 is 28.7 Å². The molecule has 0 unspecified atom stereocenters. The zero-order chi connectivity index (χ0) is 19.4. The highest BCUT2D eigenvalue weighted by Gasteiger charge is 2.17. The Balaban J connectivity index is 1.67. The summed E-state index contributed by atoms with van der Waals surface area (Å²) in [6.07, 6.45) is 0. The van der Waals surface area contributed by atoms with E-state index in [0.29, 0.717) is 0 Å². The summed E-state index contributed by atoms with van der Waals surface area (Å²) in [4.78, 5) is 46.0. The van der Waals surface area contributed by atoms with Crippen molar-refractivity contribution in [1.29, 1.82) is 0 Å². The van der Waals surface area contributed by atoms with Crippen LogP contribution in [0.3, 0.4) is 0 Å². The summed E-state index contributed by atoms with van der Waals surface area (Å²) in [7, 11) is 0. The molecule has 0 radical (unpaired) electrons. The van der Waals surface area contributed by atoms with E-state index in [0.717, 1.165) is 16.2 Å². The van der Waals surface area contributed by atoms with Gasteiger partial charge in [-0.25, -0.2) is 9.59 Å². The van der Waals surface area contributed by atoms with E-state index in [2.05, 4.69) is 10.6 Å². The Morgan fingerprint density at radius 2 is 1.89 bits per heavy atom. The highest BCUT2D eigenvalue weighted by molar-refractivity contribution is 5.94. The van der Waals surface area contributed by atoms with Crippen LogP contribution in [-0.2, 0) is 17.9 Å². The second-order valence-corrected chi connectivity index (χ2v) is 5.58. The number of hydrogen-bond donors (Lipinski definition) is 2. The first-order valence-electron chi connectivity index (χ1n) is 7.83. The van der Waals surface area contributed by atoms with Crippen LogP contribution in [0.1, 0.15) is 5.56 Å². The van der Waals surface area contributed by atoms with Crippen LogP contribution in [0, 0.1) is 10.1 Å². The molecule has 2 N–H and O–H groups in total. The number of oxazole rings is 1. The first-order chi connectivity index (χ1) is 12.9. The largest absolute Gasteiger partial charge is 0.420 e. The lowest BCUT2D eigenvalue weighted by Gasteiger charge is -2.07. The average molecular weight is 370 g/mol. The van der Waals surface area contributed by atoms with Crippen LogP contribution < -0.4 is 16.4 Å². The zero-order valence-electron chi connectivity index (χ0n) is 13.9. The maximum absolute atomic E-state index is 12.0. The van der Waals surface area contributed by atoms with Crippen LogP contribution in [-0.4, -0.2) is 21.4 Å². The molecule has 1 aromatic heterocycles. The normalized spacial score (nSPS) is 10.5. The molecule has 0 bridgehead atoms. The quantitative estimate of drug-likeness (QED) is 0.516. The standard InChI is InChI=1S/C17H14N4O6/c22-15(19-16(23)18-9-11-4-2-1-3-5-11)10-20-13-8-12(21(25)26)6-7-14(13)27-17(20)24/h1-8H,9-10H2,(H2,18,19,22,23). The molecule has 27 heavy (non-hydrogen) atoms. The summed E-state index contributed by atoms with van der Waals surface area (Å²) < 4.78 is 5.87. The Morgan fingerprint density at radius 1 is 1.15 bits per heavy atom. The molecule has 0 spiro atoms. The number of benzene rings is 2. The van der Waals surface area contributed by atoms with Crippen molar-refractivity contribution in [3.8, 4) is 0 Å². The lowest BCUT2D eigenvalue weighted by Crippen LogP contribution is -2.41. The molecular weight excluding hydrogens is 356 g/mol. The van der Waals surface area contributed by atoms with Crippen molar-refractivity contribution in [2.24, 2.45) is 0 Å². The molecule has 10 nitrogen and oxygen atoms in total. The summed E-state index contributed by atoms with van der Waals surface area (Å²) in [6, 6.07) is 12.0. The van der Waals surface area contributed by atoms with E-state index < -0.39 is 29.2 Å². The number of nitro benzene ring substituents is 1. The van der Waals surface area contributed by atoms with E-state index in [1.54, 1.807) is 0 Å². The van der Waals surface area contributed by atoms with Gasteiger partial charge in [-0.2, -0.15) is 0 Å². The van der Waals surface area contributed by atoms with Crippen molar-refractivity contribution < 1.29 is 18.9 Å². The second-order valence-electron chi connectivity index (χ2n) is 5.58. The SMILES string of the molecule is O=C(Cn1c(=O)oc2ccc([N+](=O)[O-])cc21)NC(=O)NCc1ccccc1. The van der Waals surface area contributed by atoms with E-state index in [4.69, 9.17) is 4.42 Å². The Hall–Kier alpha value is -3.95. The number of nitrogens with zero attached hydrogens (tertiary/aromatic N) is 2. The molecule has 2 aromatic carbocycles. The van der Waals surface area contributed by atoms with Crippen LogP contribution in [0.4, 0.5) is 10.5 Å². The number of amides is 3. The number of hydrogen-bond acceptors (Lipinski definition) is 6. The number of rotatable bonds is 5. The zero-order valence-corrected chi connectivity index (χ0v) is 13.9. The van der Waals surface area contributed by atoms with Gasteiger partial charge in [0.1, 0.15) is 6.54 Å². The summed E-state index contributed by atoms with van der Waals surface area (Å²) in [5.41, 5.74) is 0.795. The Bertz CT molecular complexity index is 1070. The minimum absolute atomic E-state index is 0.0917. The Labute approximate surface area is 151 Å². The van der Waals surface area contributed by atoms with E-state index in [1.165, 1.54) is 12.1 Å². The number of carbonyl (C=O) groups excluding carboxylic acids is 2. The predicted molar refractivity (Wildman–Crippen MR) is 93.9 cm³/mol. The van der Waals surface area contributed by atoms with E-state index in [1.807, 2.05) is 30.3 Å². The molecule has 0 aliphatic heterocycles. The minimum Gasteiger partial charge on any atom is -0.408 e. The molecular formula is C17H14N4O6. The summed E-state index contributed by atoms with van der Waals surface area (Å²) in [5, 5.41) is 15.5. The maximum Gasteiger partial charge on any atom is 0.420 e. The topological polar surface area (TPSA) is 136 Å². The average Bonchev–Trinajstić information content (AvgIpc) is 2.95. The number of urea groups is 1. The van der Waals surface area contributed by atoms with Crippen molar-refractivity contribution in [2.45, 2.75) is 13.1 Å². The fourth-order valence-electron chi connectivity index (χ4n) is 2.45. The van der Waals surface area contributed by atoms with E-state index in [-0.39, 0.29) is 23.3 Å². The van der Waals surface area contributed by atoms with Gasteiger partial charge < -0.3 is 9.73 Å². The van der Waals surface area contributed by atoms with Crippen LogP contribution in [0.5, 0.6) is 0 Å². The van der Waals surface area contributed by atoms with Crippen LogP contribution in [0.15, 0.2) is 57.7 Å². The van der Waals surface area contributed by atoms with Gasteiger partial charge in [0.25, 0.3) is 5.69 Å². The van der Waals surface area contributed by atoms with E-state index in [9.17, 15) is 24.5 Å². The Kier molecular flexibility index (Phi) is 4.97. The van der Waals surface area contributed by atoms with Crippen molar-refractivity contribution in [1.82, 2.24) is 15.2 Å². The van der Waals surface area contributed by atoms with Crippen LogP contribution in [0.25, 0.3) is 11.1 Å². The van der Waals surface area contributed by atoms with Gasteiger partial charge >= 0.3 is 11.8 Å². The van der Waals surface area contributed by atoms with Crippen molar-refractivity contribution in [3.05, 3.63) is 74.8 Å². The van der Waals surface area contributed by atoms with Gasteiger partial charge in [0.15, 0.2) is 5.58 Å². The monoisotopic (exact) mass is 370 g/mol. The lowest BCUT2D eigenvalue weighted by molar-refractivity contribution is -0.384. The molecule has 138 valence electrons. The highest BCUT2D eigenvalue weighted by atomic mass is 16.6. The summed E-state index contributed by atoms with van der Waals surface area (Å²) in [5.74, 6) is -1.62. The van der Waals surface area contributed by atoms with Crippen LogP contribution in [0.2, 0.25) is 0 Å². The number of nitro groups is 1. The number of carbonyl (C=O) groups is 2. The van der Waals surface area contributed by atoms with Gasteiger partial charge in [0.05, 0.1) is 10.4 Å². The predicted octanol–water partition coefficient (Wildman–Crippen LogP) is 1.53. The highest BCUT2D eigenvalue weighted by Crippen LogP contribution is 2.19. The van der Waals surface area contributed by atoms with Gasteiger partial charge in [-0.05, 0) is 11.6 Å². The third-order valence-corrected chi connectivity index (χ3v) is 3.71. The third-order valence-electron chi connectivity index (χ3n) is 3.71. The minimum atomic E-state index is -0.856. The van der Waals surface area contributed by atoms with Gasteiger partial charge in [-0.1, -0.05) is 30.3 Å². The molecule has 10 heteroatoms. The fourth-order valence-corrected chi connectivity index (χ4v) is 2.45. The van der Waals surface area contributed by atoms with E-state index >= 15 is 0 Å². The maximum atomic E-state index is 12.0. The number of aromatic nitrogens is 1. The van der Waals surface area contributed by atoms with Gasteiger partial charge in [0.2, 0.25) is 5.91 Å². The smallest absolute Gasteiger partial charge is 0.408 e. The molecule has 0 fully saturated rings. The first kappa shape index (κ1) is 17.9. The molecule has 0 atom stereocenters. The second kappa shape index (κ2) is 7.52. The molecule has 3 rings (SSSR count). The number of imide groups is 1. The lowest BCUT2D eigenvalue weighted by atomic mass is 10.2. The van der Waals surface area contributed by atoms with Crippen molar-refractivity contribution in [3.63, 3.8) is 0 Å². The fraction of sp³-hybridized carbons (Fsp3) is 0.118. The molecule has 1 heterocycles. The number of fused-ring (bicyclic) bond motifs is 1. The molecule has 3 amide bonds. The molecule has 0 aliphatic carbocycles. The number of nitrogens with one attached hydrogen (secondary N) is 2.